The minimum absolute atomic E-state index is 0.146. The molecule has 1 heterocycles. The van der Waals surface area contributed by atoms with E-state index >= 15 is 0 Å². The molecule has 1 aliphatic rings. The number of hydrogen-bond donors (Lipinski definition) is 1. The first-order chi connectivity index (χ1) is 9.88. The first-order valence-electron chi connectivity index (χ1n) is 7.20. The van der Waals surface area contributed by atoms with Crippen molar-refractivity contribution >= 4 is 21.6 Å². The summed E-state index contributed by atoms with van der Waals surface area (Å²) < 4.78 is 7.23. The van der Waals surface area contributed by atoms with Gasteiger partial charge in [0.1, 0.15) is 11.4 Å². The molecule has 1 atom stereocenters. The van der Waals surface area contributed by atoms with Gasteiger partial charge in [-0.25, -0.2) is 0 Å². The zero-order chi connectivity index (χ0) is 15.2. The number of benzene rings is 2. The van der Waals surface area contributed by atoms with Crippen LogP contribution in [0.15, 0.2) is 40.9 Å². The summed E-state index contributed by atoms with van der Waals surface area (Å²) in [6.07, 6.45) is 0. The maximum Gasteiger partial charge on any atom is 0.128 e. The van der Waals surface area contributed by atoms with Gasteiger partial charge in [-0.15, -0.1) is 0 Å². The van der Waals surface area contributed by atoms with E-state index in [1.54, 1.807) is 0 Å². The fraction of sp³-hybridized carbons (Fsp3) is 0.333. The Kier molecular flexibility index (Phi) is 3.48. The maximum absolute atomic E-state index is 6.11. The minimum atomic E-state index is -0.268. The van der Waals surface area contributed by atoms with Crippen LogP contribution in [0, 0.1) is 13.8 Å². The second-order valence-electron chi connectivity index (χ2n) is 6.24. The summed E-state index contributed by atoms with van der Waals surface area (Å²) in [7, 11) is 0. The van der Waals surface area contributed by atoms with Crippen molar-refractivity contribution in [1.29, 1.82) is 0 Å². The van der Waals surface area contributed by atoms with Gasteiger partial charge in [-0.2, -0.15) is 0 Å². The normalized spacial score (nSPS) is 19.0. The van der Waals surface area contributed by atoms with E-state index in [9.17, 15) is 0 Å². The summed E-state index contributed by atoms with van der Waals surface area (Å²) in [5.41, 5.74) is 4.63. The first-order valence-corrected chi connectivity index (χ1v) is 7.99. The summed E-state index contributed by atoms with van der Waals surface area (Å²) >= 11 is 3.56. The fourth-order valence-corrected chi connectivity index (χ4v) is 3.75. The zero-order valence-electron chi connectivity index (χ0n) is 12.8. The van der Waals surface area contributed by atoms with E-state index in [0.29, 0.717) is 0 Å². The van der Waals surface area contributed by atoms with Crippen LogP contribution in [-0.4, -0.2) is 5.60 Å². The van der Waals surface area contributed by atoms with E-state index in [2.05, 4.69) is 73.2 Å². The molecule has 0 aromatic heterocycles. The monoisotopic (exact) mass is 345 g/mol. The fourth-order valence-electron chi connectivity index (χ4n) is 3.06. The summed E-state index contributed by atoms with van der Waals surface area (Å²) in [4.78, 5) is 0. The molecule has 0 fully saturated rings. The Labute approximate surface area is 134 Å². The summed E-state index contributed by atoms with van der Waals surface area (Å²) in [5.74, 6) is 0.979. The van der Waals surface area contributed by atoms with Gasteiger partial charge in [0.15, 0.2) is 0 Å². The second-order valence-corrected chi connectivity index (χ2v) is 7.15. The van der Waals surface area contributed by atoms with Gasteiger partial charge >= 0.3 is 0 Å². The van der Waals surface area contributed by atoms with Gasteiger partial charge in [-0.3, -0.25) is 0 Å². The molecule has 21 heavy (non-hydrogen) atoms. The molecule has 0 spiro atoms. The molecular weight excluding hydrogens is 326 g/mol. The highest BCUT2D eigenvalue weighted by molar-refractivity contribution is 9.10. The second kappa shape index (κ2) is 5.06. The molecule has 0 aliphatic carbocycles. The summed E-state index contributed by atoms with van der Waals surface area (Å²) in [6.45, 7) is 8.53. The average molecular weight is 346 g/mol. The Bertz CT molecular complexity index is 670. The van der Waals surface area contributed by atoms with Crippen molar-refractivity contribution in [3.63, 3.8) is 0 Å². The van der Waals surface area contributed by atoms with Crippen molar-refractivity contribution in [2.45, 2.75) is 39.3 Å². The molecular formula is C18H20BrNO. The lowest BCUT2D eigenvalue weighted by atomic mass is 9.93. The van der Waals surface area contributed by atoms with E-state index < -0.39 is 0 Å². The van der Waals surface area contributed by atoms with Crippen LogP contribution in [0.25, 0.3) is 0 Å². The lowest BCUT2D eigenvalue weighted by Gasteiger charge is -2.29. The van der Waals surface area contributed by atoms with E-state index in [1.807, 2.05) is 12.1 Å². The van der Waals surface area contributed by atoms with Crippen molar-refractivity contribution in [3.8, 4) is 5.75 Å². The van der Waals surface area contributed by atoms with Crippen LogP contribution < -0.4 is 10.1 Å². The number of aryl methyl sites for hydroxylation is 2. The van der Waals surface area contributed by atoms with Gasteiger partial charge in [0, 0.05) is 15.7 Å². The molecule has 2 nitrogen and oxygen atoms in total. The van der Waals surface area contributed by atoms with Gasteiger partial charge in [0.25, 0.3) is 0 Å². The number of rotatable bonds is 2. The summed E-state index contributed by atoms with van der Waals surface area (Å²) in [5, 5.41) is 3.71. The molecule has 0 saturated heterocycles. The molecule has 1 aliphatic heterocycles. The van der Waals surface area contributed by atoms with E-state index in [4.69, 9.17) is 4.74 Å². The number of hydrogen-bond acceptors (Lipinski definition) is 2. The predicted molar refractivity (Wildman–Crippen MR) is 91.1 cm³/mol. The van der Waals surface area contributed by atoms with Gasteiger partial charge in [-0.1, -0.05) is 34.1 Å². The van der Waals surface area contributed by atoms with Crippen LogP contribution in [0.3, 0.4) is 0 Å². The highest BCUT2D eigenvalue weighted by atomic mass is 79.9. The van der Waals surface area contributed by atoms with Crippen molar-refractivity contribution in [3.05, 3.63) is 57.6 Å². The number of anilines is 1. The highest BCUT2D eigenvalue weighted by Gasteiger charge is 2.41. The Morgan fingerprint density at radius 3 is 2.38 bits per heavy atom. The van der Waals surface area contributed by atoms with Gasteiger partial charge < -0.3 is 10.1 Å². The zero-order valence-corrected chi connectivity index (χ0v) is 14.4. The topological polar surface area (TPSA) is 21.3 Å². The van der Waals surface area contributed by atoms with Crippen molar-refractivity contribution in [2.75, 3.05) is 5.32 Å². The lowest BCUT2D eigenvalue weighted by molar-refractivity contribution is 0.118. The van der Waals surface area contributed by atoms with Crippen LogP contribution in [0.4, 0.5) is 5.69 Å². The largest absolute Gasteiger partial charge is 0.485 e. The maximum atomic E-state index is 6.11. The molecule has 1 unspecified atom stereocenters. The quantitative estimate of drug-likeness (QED) is 0.787. The molecule has 110 valence electrons. The van der Waals surface area contributed by atoms with Crippen LogP contribution in [0.2, 0.25) is 0 Å². The summed E-state index contributed by atoms with van der Waals surface area (Å²) in [6, 6.07) is 12.7. The third-order valence-corrected chi connectivity index (χ3v) is 4.54. The Morgan fingerprint density at radius 2 is 1.71 bits per heavy atom. The molecule has 0 radical (unpaired) electrons. The molecule has 1 N–H and O–H groups in total. The van der Waals surface area contributed by atoms with Crippen LogP contribution in [0.1, 0.15) is 36.6 Å². The van der Waals surface area contributed by atoms with E-state index in [1.165, 1.54) is 22.4 Å². The highest BCUT2D eigenvalue weighted by Crippen LogP contribution is 2.45. The smallest absolute Gasteiger partial charge is 0.128 e. The number of halogens is 1. The van der Waals surface area contributed by atoms with Crippen LogP contribution >= 0.6 is 15.9 Å². The number of nitrogens with one attached hydrogen (secondary N) is 1. The van der Waals surface area contributed by atoms with Crippen molar-refractivity contribution in [1.82, 2.24) is 0 Å². The van der Waals surface area contributed by atoms with Crippen molar-refractivity contribution < 1.29 is 4.74 Å². The third kappa shape index (κ3) is 2.55. The molecule has 3 heteroatoms. The van der Waals surface area contributed by atoms with E-state index in [0.717, 1.165) is 10.2 Å². The molecule has 0 saturated carbocycles. The van der Waals surface area contributed by atoms with Crippen molar-refractivity contribution in [2.24, 2.45) is 0 Å². The van der Waals surface area contributed by atoms with Crippen LogP contribution in [0.5, 0.6) is 5.75 Å². The number of fused-ring (bicyclic) bond motifs is 1. The van der Waals surface area contributed by atoms with Gasteiger partial charge in [0.2, 0.25) is 0 Å². The van der Waals surface area contributed by atoms with E-state index in [-0.39, 0.29) is 11.6 Å². The molecule has 0 bridgehead atoms. The third-order valence-electron chi connectivity index (χ3n) is 4.08. The average Bonchev–Trinajstić information content (AvgIpc) is 2.63. The first kappa shape index (κ1) is 14.5. The lowest BCUT2D eigenvalue weighted by Crippen LogP contribution is -2.35. The van der Waals surface area contributed by atoms with Crippen LogP contribution in [-0.2, 0) is 0 Å². The molecule has 2 aromatic carbocycles. The number of ether oxygens (including phenoxy) is 1. The van der Waals surface area contributed by atoms with Gasteiger partial charge in [-0.05, 0) is 57.0 Å². The van der Waals surface area contributed by atoms with Gasteiger partial charge in [0.05, 0.1) is 6.04 Å². The predicted octanol–water partition coefficient (Wildman–Crippen LogP) is 5.39. The Hall–Kier alpha value is -1.48. The Balaban J connectivity index is 2.02. The minimum Gasteiger partial charge on any atom is -0.485 e. The SMILES string of the molecule is Cc1cc(Br)cc(C)c1NC1c2ccccc2OC1(C)C. The number of para-hydroxylation sites is 1. The Morgan fingerprint density at radius 1 is 1.10 bits per heavy atom. The molecule has 3 rings (SSSR count). The molecule has 0 amide bonds. The standard InChI is InChI=1S/C18H20BrNO/c1-11-9-13(19)10-12(2)16(11)20-17-14-7-5-6-8-15(14)21-18(17,3)4/h5-10,17,20H,1-4H3. The molecule has 2 aromatic rings.